The summed E-state index contributed by atoms with van der Waals surface area (Å²) in [5.74, 6) is 1.47. The number of hydrogen-bond acceptors (Lipinski definition) is 4. The molecule has 138 valence electrons. The molecule has 0 spiro atoms. The maximum Gasteiger partial charge on any atom is 0.161 e. The fourth-order valence-corrected chi connectivity index (χ4v) is 7.25. The third kappa shape index (κ3) is 2.26. The highest BCUT2D eigenvalue weighted by atomic mass is 16.3. The van der Waals surface area contributed by atoms with Crippen molar-refractivity contribution in [3.63, 3.8) is 0 Å². The van der Waals surface area contributed by atoms with Crippen molar-refractivity contribution in [3.8, 4) is 0 Å². The number of ketones is 2. The molecule has 0 aromatic heterocycles. The Bertz CT molecular complexity index is 638. The van der Waals surface area contributed by atoms with Crippen LogP contribution in [-0.2, 0) is 9.59 Å². The maximum atomic E-state index is 12.3. The van der Waals surface area contributed by atoms with E-state index in [4.69, 9.17) is 0 Å². The third-order valence-corrected chi connectivity index (χ3v) is 8.61. The van der Waals surface area contributed by atoms with Gasteiger partial charge in [-0.1, -0.05) is 19.4 Å². The predicted octanol–water partition coefficient (Wildman–Crippen LogP) is 2.67. The van der Waals surface area contributed by atoms with Crippen LogP contribution in [0.5, 0.6) is 0 Å². The van der Waals surface area contributed by atoms with Gasteiger partial charge in [-0.05, 0) is 67.8 Å². The lowest BCUT2D eigenvalue weighted by Gasteiger charge is -2.59. The Kier molecular flexibility index (Phi) is 4.01. The van der Waals surface area contributed by atoms with Crippen molar-refractivity contribution in [2.24, 2.45) is 34.5 Å². The smallest absolute Gasteiger partial charge is 0.161 e. The second-order valence-electron chi connectivity index (χ2n) is 9.35. The Balaban J connectivity index is 1.67. The molecule has 0 aromatic rings. The zero-order chi connectivity index (χ0) is 18.0. The lowest BCUT2D eigenvalue weighted by atomic mass is 9.46. The molecule has 0 radical (unpaired) electrons. The number of carbonyl (C=O) groups excluding carboxylic acids is 2. The van der Waals surface area contributed by atoms with Crippen molar-refractivity contribution >= 4 is 11.6 Å². The van der Waals surface area contributed by atoms with E-state index in [9.17, 15) is 19.8 Å². The molecule has 0 heterocycles. The molecule has 4 rings (SSSR count). The zero-order valence-electron chi connectivity index (χ0n) is 15.3. The number of rotatable bonds is 2. The van der Waals surface area contributed by atoms with Gasteiger partial charge in [0.05, 0.1) is 6.10 Å². The lowest BCUT2D eigenvalue weighted by Crippen LogP contribution is -2.55. The molecule has 0 saturated heterocycles. The molecule has 25 heavy (non-hydrogen) atoms. The number of Topliss-reactive ketones (excluding diaryl/α,β-unsaturated/α-hetero) is 1. The Hall–Kier alpha value is -1.00. The Morgan fingerprint density at radius 3 is 2.68 bits per heavy atom. The van der Waals surface area contributed by atoms with Crippen molar-refractivity contribution in [2.45, 2.75) is 64.9 Å². The average Bonchev–Trinajstić information content (AvgIpc) is 2.93. The minimum Gasteiger partial charge on any atom is -0.392 e. The van der Waals surface area contributed by atoms with E-state index in [1.54, 1.807) is 0 Å². The van der Waals surface area contributed by atoms with Crippen LogP contribution in [0.3, 0.4) is 0 Å². The molecule has 4 aliphatic rings. The van der Waals surface area contributed by atoms with E-state index >= 15 is 0 Å². The van der Waals surface area contributed by atoms with Crippen LogP contribution in [0, 0.1) is 34.5 Å². The van der Waals surface area contributed by atoms with Gasteiger partial charge in [-0.3, -0.25) is 9.59 Å². The molecule has 0 aliphatic heterocycles. The normalized spacial score (nSPS) is 49.0. The first-order chi connectivity index (χ1) is 11.8. The molecule has 4 nitrogen and oxygen atoms in total. The summed E-state index contributed by atoms with van der Waals surface area (Å²) >= 11 is 0. The first-order valence-electron chi connectivity index (χ1n) is 9.88. The summed E-state index contributed by atoms with van der Waals surface area (Å²) in [6.07, 6.45) is 7.37. The monoisotopic (exact) mass is 346 g/mol. The van der Waals surface area contributed by atoms with Gasteiger partial charge in [0.15, 0.2) is 11.6 Å². The minimum absolute atomic E-state index is 0.00596. The molecular formula is C21H30O4. The molecule has 7 atom stereocenters. The van der Waals surface area contributed by atoms with Crippen LogP contribution in [0.4, 0.5) is 0 Å². The van der Waals surface area contributed by atoms with E-state index in [2.05, 4.69) is 13.8 Å². The highest BCUT2D eigenvalue weighted by Crippen LogP contribution is 2.66. The maximum absolute atomic E-state index is 12.3. The summed E-state index contributed by atoms with van der Waals surface area (Å²) in [6.45, 7) is 4.08. The number of carbonyl (C=O) groups is 2. The number of hydrogen-bond donors (Lipinski definition) is 2. The fourth-order valence-electron chi connectivity index (χ4n) is 7.25. The van der Waals surface area contributed by atoms with Crippen LogP contribution in [0.25, 0.3) is 0 Å². The predicted molar refractivity (Wildman–Crippen MR) is 93.7 cm³/mol. The van der Waals surface area contributed by atoms with E-state index in [1.807, 2.05) is 6.08 Å². The highest BCUT2D eigenvalue weighted by molar-refractivity contribution is 5.92. The summed E-state index contributed by atoms with van der Waals surface area (Å²) < 4.78 is 0. The van der Waals surface area contributed by atoms with E-state index in [-0.39, 0.29) is 41.3 Å². The third-order valence-electron chi connectivity index (χ3n) is 8.61. The largest absolute Gasteiger partial charge is 0.392 e. The molecule has 3 fully saturated rings. The van der Waals surface area contributed by atoms with E-state index in [0.717, 1.165) is 44.1 Å². The van der Waals surface area contributed by atoms with Gasteiger partial charge in [0.25, 0.3) is 0 Å². The number of aliphatic hydroxyl groups is 2. The number of aliphatic hydroxyl groups excluding tert-OH is 2. The summed E-state index contributed by atoms with van der Waals surface area (Å²) in [5.41, 5.74) is 0.868. The second kappa shape index (κ2) is 5.75. The molecule has 2 N–H and O–H groups in total. The average molecular weight is 346 g/mol. The van der Waals surface area contributed by atoms with Crippen LogP contribution in [0.2, 0.25) is 0 Å². The summed E-state index contributed by atoms with van der Waals surface area (Å²) in [5, 5.41) is 20.2. The molecule has 3 saturated carbocycles. The van der Waals surface area contributed by atoms with E-state index in [1.165, 1.54) is 0 Å². The van der Waals surface area contributed by atoms with Crippen LogP contribution >= 0.6 is 0 Å². The van der Waals surface area contributed by atoms with Gasteiger partial charge in [-0.25, -0.2) is 0 Å². The van der Waals surface area contributed by atoms with Crippen LogP contribution in [0.1, 0.15) is 58.8 Å². The summed E-state index contributed by atoms with van der Waals surface area (Å²) in [7, 11) is 0. The topological polar surface area (TPSA) is 74.6 Å². The fraction of sp³-hybridized carbons (Fsp3) is 0.810. The first kappa shape index (κ1) is 17.4. The van der Waals surface area contributed by atoms with E-state index < -0.39 is 6.10 Å². The zero-order valence-corrected chi connectivity index (χ0v) is 15.3. The molecule has 0 aromatic carbocycles. The van der Waals surface area contributed by atoms with Gasteiger partial charge in [-0.2, -0.15) is 0 Å². The van der Waals surface area contributed by atoms with Gasteiger partial charge in [0.2, 0.25) is 0 Å². The Morgan fingerprint density at radius 2 is 1.96 bits per heavy atom. The molecular weight excluding hydrogens is 316 g/mol. The molecule has 0 amide bonds. The highest BCUT2D eigenvalue weighted by Gasteiger charge is 2.61. The van der Waals surface area contributed by atoms with Gasteiger partial charge in [0, 0.05) is 17.8 Å². The van der Waals surface area contributed by atoms with Crippen LogP contribution in [-0.4, -0.2) is 34.5 Å². The van der Waals surface area contributed by atoms with Crippen molar-refractivity contribution in [1.82, 2.24) is 0 Å². The van der Waals surface area contributed by atoms with Crippen molar-refractivity contribution in [3.05, 3.63) is 11.6 Å². The lowest BCUT2D eigenvalue weighted by molar-refractivity contribution is -0.137. The standard InChI is InChI=1S/C21H30O4/c1-20-8-7-16-14(15(20)5-6-17(20)18(24)11-22)4-3-12-9-13(23)10-19(25)21(12,16)2/h9,14-17,19,22,25H,3-8,10-11H2,1-2H3/t14-,15-,16-,17+,19+,20-,21-/m0/s1. The Labute approximate surface area is 149 Å². The van der Waals surface area contributed by atoms with Gasteiger partial charge in [0.1, 0.15) is 6.61 Å². The van der Waals surface area contributed by atoms with Gasteiger partial charge < -0.3 is 10.2 Å². The van der Waals surface area contributed by atoms with Crippen LogP contribution in [0.15, 0.2) is 11.6 Å². The summed E-state index contributed by atoms with van der Waals surface area (Å²) in [4.78, 5) is 24.2. The summed E-state index contributed by atoms with van der Waals surface area (Å²) in [6, 6.07) is 0. The molecule has 0 unspecified atom stereocenters. The quantitative estimate of drug-likeness (QED) is 0.806. The first-order valence-corrected chi connectivity index (χ1v) is 9.88. The second-order valence-corrected chi connectivity index (χ2v) is 9.35. The number of fused-ring (bicyclic) bond motifs is 5. The van der Waals surface area contributed by atoms with Gasteiger partial charge >= 0.3 is 0 Å². The van der Waals surface area contributed by atoms with Crippen molar-refractivity contribution in [2.75, 3.05) is 6.61 Å². The van der Waals surface area contributed by atoms with Crippen molar-refractivity contribution < 1.29 is 19.8 Å². The SMILES string of the molecule is C[C@]12CC[C@H]3[C@@H](CCC4=CC(=O)C[C@@H](O)[C@@]43C)[C@@H]1CC[C@@H]2C(=O)CO. The molecule has 0 bridgehead atoms. The minimum atomic E-state index is -0.576. The van der Waals surface area contributed by atoms with E-state index in [0.29, 0.717) is 17.8 Å². The van der Waals surface area contributed by atoms with Crippen molar-refractivity contribution in [1.29, 1.82) is 0 Å². The Morgan fingerprint density at radius 1 is 1.20 bits per heavy atom. The molecule has 4 heteroatoms. The van der Waals surface area contributed by atoms with Crippen LogP contribution < -0.4 is 0 Å². The van der Waals surface area contributed by atoms with Gasteiger partial charge in [-0.15, -0.1) is 0 Å². The molecule has 4 aliphatic carbocycles.